The van der Waals surface area contributed by atoms with Gasteiger partial charge < -0.3 is 9.47 Å². The number of hydrogen-bond donors (Lipinski definition) is 0. The summed E-state index contributed by atoms with van der Waals surface area (Å²) >= 11 is 0.993. The maximum atomic E-state index is 13.0. The number of thioether (sulfide) groups is 1. The van der Waals surface area contributed by atoms with Gasteiger partial charge in [0.05, 0.1) is 10.5 Å². The summed E-state index contributed by atoms with van der Waals surface area (Å²) in [6, 6.07) is 3.46. The van der Waals surface area contributed by atoms with Crippen LogP contribution in [-0.4, -0.2) is 18.5 Å². The lowest BCUT2D eigenvalue weighted by Gasteiger charge is -2.15. The van der Waals surface area contributed by atoms with E-state index in [4.69, 9.17) is 4.74 Å². The number of ether oxygens (including phenoxy) is 2. The molecule has 0 N–H and O–H groups in total. The lowest BCUT2D eigenvalue weighted by molar-refractivity contribution is -0.139. The Balaban J connectivity index is 3.06. The average Bonchev–Trinajstić information content (AvgIpc) is 2.42. The number of alkyl halides is 3. The molecule has 0 aliphatic rings. The smallest absolute Gasteiger partial charge is 0.430 e. The van der Waals surface area contributed by atoms with Crippen molar-refractivity contribution in [3.63, 3.8) is 0 Å². The second-order valence-electron chi connectivity index (χ2n) is 3.93. The van der Waals surface area contributed by atoms with E-state index in [1.807, 2.05) is 6.92 Å². The normalized spacial score (nSPS) is 11.0. The standard InChI is InChI=1S/C14H15F3O3S/c1-3-8-19-13(18)20-11-7-5-6-10(14(15,16)17)12(11)21-9-4-2/h3,5-7H,1,4,8-9H2,2H3. The third-order valence-electron chi connectivity index (χ3n) is 2.25. The minimum atomic E-state index is -4.51. The quantitative estimate of drug-likeness (QED) is 0.323. The summed E-state index contributed by atoms with van der Waals surface area (Å²) in [4.78, 5) is 11.3. The lowest BCUT2D eigenvalue weighted by atomic mass is 10.2. The fraction of sp³-hybridized carbons (Fsp3) is 0.357. The topological polar surface area (TPSA) is 35.5 Å². The molecule has 0 aliphatic heterocycles. The lowest BCUT2D eigenvalue weighted by Crippen LogP contribution is -2.13. The third-order valence-corrected chi connectivity index (χ3v) is 3.57. The molecule has 0 heterocycles. The molecule has 0 aliphatic carbocycles. The van der Waals surface area contributed by atoms with E-state index < -0.39 is 17.9 Å². The highest BCUT2D eigenvalue weighted by Gasteiger charge is 2.35. The Morgan fingerprint density at radius 3 is 2.71 bits per heavy atom. The Morgan fingerprint density at radius 1 is 1.43 bits per heavy atom. The van der Waals surface area contributed by atoms with Gasteiger partial charge in [-0.25, -0.2) is 4.79 Å². The van der Waals surface area contributed by atoms with Gasteiger partial charge in [-0.05, 0) is 24.3 Å². The predicted octanol–water partition coefficient (Wildman–Crippen LogP) is 4.91. The van der Waals surface area contributed by atoms with E-state index in [-0.39, 0.29) is 17.3 Å². The fourth-order valence-electron chi connectivity index (χ4n) is 1.42. The van der Waals surface area contributed by atoms with Crippen molar-refractivity contribution >= 4 is 17.9 Å². The zero-order valence-corrected chi connectivity index (χ0v) is 12.2. The van der Waals surface area contributed by atoms with Crippen LogP contribution in [0.2, 0.25) is 0 Å². The minimum absolute atomic E-state index is 0.0742. The SMILES string of the molecule is C=CCOC(=O)Oc1cccc(C(F)(F)F)c1SCCC. The summed E-state index contributed by atoms with van der Waals surface area (Å²) < 4.78 is 48.5. The van der Waals surface area contributed by atoms with E-state index in [0.29, 0.717) is 12.2 Å². The highest BCUT2D eigenvalue weighted by atomic mass is 32.2. The highest BCUT2D eigenvalue weighted by Crippen LogP contribution is 2.41. The highest BCUT2D eigenvalue weighted by molar-refractivity contribution is 7.99. The molecule has 116 valence electrons. The van der Waals surface area contributed by atoms with Crippen LogP contribution in [0.3, 0.4) is 0 Å². The molecule has 1 aromatic rings. The first kappa shape index (κ1) is 17.4. The van der Waals surface area contributed by atoms with Gasteiger partial charge in [0.1, 0.15) is 12.4 Å². The maximum Gasteiger partial charge on any atom is 0.514 e. The van der Waals surface area contributed by atoms with E-state index in [1.54, 1.807) is 0 Å². The van der Waals surface area contributed by atoms with Crippen LogP contribution in [0.5, 0.6) is 5.75 Å². The summed E-state index contributed by atoms with van der Waals surface area (Å²) in [6.45, 7) is 5.13. The Labute approximate surface area is 125 Å². The van der Waals surface area contributed by atoms with E-state index in [9.17, 15) is 18.0 Å². The summed E-state index contributed by atoms with van der Waals surface area (Å²) in [5.74, 6) is 0.322. The molecule has 0 saturated carbocycles. The van der Waals surface area contributed by atoms with Gasteiger partial charge in [0.2, 0.25) is 0 Å². The van der Waals surface area contributed by atoms with Crippen molar-refractivity contribution in [3.8, 4) is 5.75 Å². The van der Waals surface area contributed by atoms with Crippen molar-refractivity contribution in [2.24, 2.45) is 0 Å². The van der Waals surface area contributed by atoms with Gasteiger partial charge in [0.15, 0.2) is 0 Å². The first-order valence-electron chi connectivity index (χ1n) is 6.18. The summed E-state index contributed by atoms with van der Waals surface area (Å²) in [5.41, 5.74) is -0.824. The van der Waals surface area contributed by atoms with E-state index in [1.165, 1.54) is 18.2 Å². The third kappa shape index (κ3) is 5.34. The molecule has 0 bridgehead atoms. The van der Waals surface area contributed by atoms with Crippen LogP contribution in [0.1, 0.15) is 18.9 Å². The van der Waals surface area contributed by atoms with Crippen molar-refractivity contribution in [2.75, 3.05) is 12.4 Å². The Bertz CT molecular complexity index is 501. The minimum Gasteiger partial charge on any atom is -0.430 e. The maximum absolute atomic E-state index is 13.0. The van der Waals surface area contributed by atoms with E-state index >= 15 is 0 Å². The summed E-state index contributed by atoms with van der Waals surface area (Å²) in [6.07, 6.45) is -3.55. The van der Waals surface area contributed by atoms with Crippen LogP contribution in [0.25, 0.3) is 0 Å². The van der Waals surface area contributed by atoms with Gasteiger partial charge in [-0.3, -0.25) is 0 Å². The first-order chi connectivity index (χ1) is 9.90. The van der Waals surface area contributed by atoms with Crippen molar-refractivity contribution in [1.82, 2.24) is 0 Å². The Kier molecular flexibility index (Phi) is 6.61. The number of carbonyl (C=O) groups excluding carboxylic acids is 1. The summed E-state index contributed by atoms with van der Waals surface area (Å²) in [7, 11) is 0. The van der Waals surface area contributed by atoms with E-state index in [2.05, 4.69) is 11.3 Å². The predicted molar refractivity (Wildman–Crippen MR) is 74.6 cm³/mol. The van der Waals surface area contributed by atoms with Gasteiger partial charge in [-0.2, -0.15) is 13.2 Å². The molecule has 7 heteroatoms. The molecule has 0 unspecified atom stereocenters. The number of halogens is 3. The molecule has 21 heavy (non-hydrogen) atoms. The van der Waals surface area contributed by atoms with Gasteiger partial charge >= 0.3 is 12.3 Å². The fourth-order valence-corrected chi connectivity index (χ4v) is 2.42. The molecule has 0 radical (unpaired) electrons. The van der Waals surface area contributed by atoms with Crippen LogP contribution in [0, 0.1) is 0 Å². The monoisotopic (exact) mass is 320 g/mol. The first-order valence-corrected chi connectivity index (χ1v) is 7.17. The molecule has 1 rings (SSSR count). The molecule has 0 amide bonds. The van der Waals surface area contributed by atoms with Crippen LogP contribution < -0.4 is 4.74 Å². The van der Waals surface area contributed by atoms with Gasteiger partial charge in [-0.15, -0.1) is 11.8 Å². The molecular formula is C14H15F3O3S. The number of rotatable bonds is 6. The largest absolute Gasteiger partial charge is 0.514 e. The van der Waals surface area contributed by atoms with Crippen LogP contribution >= 0.6 is 11.8 Å². The molecule has 0 aromatic heterocycles. The number of hydrogen-bond acceptors (Lipinski definition) is 4. The van der Waals surface area contributed by atoms with Gasteiger partial charge in [-0.1, -0.05) is 25.6 Å². The van der Waals surface area contributed by atoms with E-state index in [0.717, 1.165) is 17.8 Å². The number of carbonyl (C=O) groups is 1. The van der Waals surface area contributed by atoms with Crippen LogP contribution in [0.4, 0.5) is 18.0 Å². The second-order valence-corrected chi connectivity index (χ2v) is 5.04. The van der Waals surface area contributed by atoms with Crippen molar-refractivity contribution in [3.05, 3.63) is 36.4 Å². The van der Waals surface area contributed by atoms with Crippen molar-refractivity contribution in [2.45, 2.75) is 24.4 Å². The molecule has 0 fully saturated rings. The molecule has 0 saturated heterocycles. The molecular weight excluding hydrogens is 305 g/mol. The van der Waals surface area contributed by atoms with Crippen LogP contribution in [0.15, 0.2) is 35.7 Å². The van der Waals surface area contributed by atoms with Crippen molar-refractivity contribution < 1.29 is 27.4 Å². The Morgan fingerprint density at radius 2 is 2.14 bits per heavy atom. The molecule has 1 aromatic carbocycles. The van der Waals surface area contributed by atoms with Crippen molar-refractivity contribution in [1.29, 1.82) is 0 Å². The zero-order chi connectivity index (χ0) is 15.9. The van der Waals surface area contributed by atoms with Crippen LogP contribution in [-0.2, 0) is 10.9 Å². The zero-order valence-electron chi connectivity index (χ0n) is 11.4. The summed E-state index contributed by atoms with van der Waals surface area (Å²) in [5, 5.41) is 0. The van der Waals surface area contributed by atoms with Gasteiger partial charge in [0.25, 0.3) is 0 Å². The second kappa shape index (κ2) is 7.97. The molecule has 0 atom stereocenters. The molecule has 3 nitrogen and oxygen atoms in total. The Hall–Kier alpha value is -1.63. The number of benzene rings is 1. The average molecular weight is 320 g/mol. The molecule has 0 spiro atoms. The van der Waals surface area contributed by atoms with Gasteiger partial charge in [0, 0.05) is 0 Å².